The molecule has 1 aromatic heterocycles. The van der Waals surface area contributed by atoms with Gasteiger partial charge in [0, 0.05) is 6.20 Å². The molecule has 1 heterocycles. The van der Waals surface area contributed by atoms with E-state index in [1.165, 1.54) is 4.68 Å². The van der Waals surface area contributed by atoms with Crippen LogP contribution in [0.5, 0.6) is 0 Å². The monoisotopic (exact) mass is 197 g/mol. The first kappa shape index (κ1) is 10.6. The number of anilines is 1. The molecule has 0 fully saturated rings. The van der Waals surface area contributed by atoms with Crippen LogP contribution in [0.15, 0.2) is 12.3 Å². The summed E-state index contributed by atoms with van der Waals surface area (Å²) in [5.41, 5.74) is 5.39. The van der Waals surface area contributed by atoms with Crippen molar-refractivity contribution >= 4 is 11.8 Å². The van der Waals surface area contributed by atoms with Crippen LogP contribution in [0.25, 0.3) is 0 Å². The number of ether oxygens (including phenoxy) is 1. The first-order valence-electron chi connectivity index (χ1n) is 4.67. The standard InChI is InChI=1S/C9H15N3O2/c1-2-3-6-14-9(13)7-12-5-4-8(10)11-12/h4-5H,2-3,6-7H2,1H3,(H2,10,11). The maximum absolute atomic E-state index is 11.2. The van der Waals surface area contributed by atoms with Crippen LogP contribution in [-0.2, 0) is 16.1 Å². The first-order valence-corrected chi connectivity index (χ1v) is 4.67. The lowest BCUT2D eigenvalue weighted by Gasteiger charge is -2.03. The molecule has 5 heteroatoms. The second-order valence-corrected chi connectivity index (χ2v) is 3.01. The smallest absolute Gasteiger partial charge is 0.327 e. The highest BCUT2D eigenvalue weighted by atomic mass is 16.5. The Morgan fingerprint density at radius 2 is 2.50 bits per heavy atom. The van der Waals surface area contributed by atoms with E-state index < -0.39 is 0 Å². The van der Waals surface area contributed by atoms with Gasteiger partial charge in [0.05, 0.1) is 6.61 Å². The van der Waals surface area contributed by atoms with Crippen molar-refractivity contribution in [3.63, 3.8) is 0 Å². The number of nitrogens with zero attached hydrogens (tertiary/aromatic N) is 2. The van der Waals surface area contributed by atoms with Gasteiger partial charge in [-0.2, -0.15) is 5.10 Å². The molecule has 14 heavy (non-hydrogen) atoms. The summed E-state index contributed by atoms with van der Waals surface area (Å²) in [5, 5.41) is 3.87. The number of hydrogen-bond donors (Lipinski definition) is 1. The molecule has 0 bridgehead atoms. The minimum atomic E-state index is -0.276. The number of hydrogen-bond acceptors (Lipinski definition) is 4. The normalized spacial score (nSPS) is 10.1. The van der Waals surface area contributed by atoms with Crippen LogP contribution >= 0.6 is 0 Å². The topological polar surface area (TPSA) is 70.1 Å². The predicted octanol–water partition coefficient (Wildman–Crippen LogP) is 0.809. The molecular formula is C9H15N3O2. The van der Waals surface area contributed by atoms with E-state index in [4.69, 9.17) is 10.5 Å². The first-order chi connectivity index (χ1) is 6.72. The lowest BCUT2D eigenvalue weighted by atomic mass is 10.4. The fourth-order valence-corrected chi connectivity index (χ4v) is 0.974. The molecule has 1 rings (SSSR count). The zero-order valence-electron chi connectivity index (χ0n) is 8.27. The number of nitrogens with two attached hydrogens (primary N) is 1. The molecule has 0 aliphatic rings. The molecule has 0 spiro atoms. The van der Waals surface area contributed by atoms with Gasteiger partial charge in [-0.15, -0.1) is 0 Å². The highest BCUT2D eigenvalue weighted by Crippen LogP contribution is 1.96. The summed E-state index contributed by atoms with van der Waals surface area (Å²) in [6.45, 7) is 2.65. The van der Waals surface area contributed by atoms with E-state index in [1.807, 2.05) is 6.92 Å². The lowest BCUT2D eigenvalue weighted by molar-refractivity contribution is -0.144. The molecule has 0 atom stereocenters. The van der Waals surface area contributed by atoms with Crippen molar-refractivity contribution in [3.05, 3.63) is 12.3 Å². The van der Waals surface area contributed by atoms with Crippen molar-refractivity contribution in [2.75, 3.05) is 12.3 Å². The van der Waals surface area contributed by atoms with Crippen molar-refractivity contribution in [1.82, 2.24) is 9.78 Å². The van der Waals surface area contributed by atoms with Crippen molar-refractivity contribution in [3.8, 4) is 0 Å². The fourth-order valence-electron chi connectivity index (χ4n) is 0.974. The van der Waals surface area contributed by atoms with Gasteiger partial charge in [0.15, 0.2) is 0 Å². The van der Waals surface area contributed by atoms with E-state index in [-0.39, 0.29) is 12.5 Å². The molecule has 5 nitrogen and oxygen atoms in total. The summed E-state index contributed by atoms with van der Waals surface area (Å²) in [6.07, 6.45) is 3.56. The predicted molar refractivity (Wildman–Crippen MR) is 52.5 cm³/mol. The zero-order chi connectivity index (χ0) is 10.4. The minimum absolute atomic E-state index is 0.126. The quantitative estimate of drug-likeness (QED) is 0.560. The van der Waals surface area contributed by atoms with Gasteiger partial charge in [0.2, 0.25) is 0 Å². The maximum Gasteiger partial charge on any atom is 0.327 e. The van der Waals surface area contributed by atoms with Crippen LogP contribution in [0.3, 0.4) is 0 Å². The Kier molecular flexibility index (Phi) is 3.97. The molecule has 2 N–H and O–H groups in total. The molecule has 0 radical (unpaired) electrons. The molecule has 0 saturated heterocycles. The highest BCUT2D eigenvalue weighted by Gasteiger charge is 2.04. The molecule has 0 amide bonds. The Labute approximate surface area is 82.8 Å². The third-order valence-electron chi connectivity index (χ3n) is 1.71. The maximum atomic E-state index is 11.2. The number of esters is 1. The second kappa shape index (κ2) is 5.26. The summed E-state index contributed by atoms with van der Waals surface area (Å²) < 4.78 is 6.42. The minimum Gasteiger partial charge on any atom is -0.464 e. The summed E-state index contributed by atoms with van der Waals surface area (Å²) in [6, 6.07) is 1.64. The van der Waals surface area contributed by atoms with Crippen molar-refractivity contribution in [1.29, 1.82) is 0 Å². The van der Waals surface area contributed by atoms with E-state index >= 15 is 0 Å². The second-order valence-electron chi connectivity index (χ2n) is 3.01. The molecule has 0 aromatic carbocycles. The van der Waals surface area contributed by atoms with Crippen molar-refractivity contribution in [2.45, 2.75) is 26.3 Å². The van der Waals surface area contributed by atoms with E-state index in [0.717, 1.165) is 12.8 Å². The third kappa shape index (κ3) is 3.47. The molecule has 0 unspecified atom stereocenters. The van der Waals surface area contributed by atoms with Crippen LogP contribution in [0, 0.1) is 0 Å². The number of aromatic nitrogens is 2. The molecular weight excluding hydrogens is 182 g/mol. The van der Waals surface area contributed by atoms with Gasteiger partial charge in [-0.1, -0.05) is 13.3 Å². The average molecular weight is 197 g/mol. The highest BCUT2D eigenvalue weighted by molar-refractivity contribution is 5.69. The van der Waals surface area contributed by atoms with E-state index in [0.29, 0.717) is 12.4 Å². The largest absolute Gasteiger partial charge is 0.464 e. The van der Waals surface area contributed by atoms with Crippen LogP contribution in [-0.4, -0.2) is 22.4 Å². The summed E-state index contributed by atoms with van der Waals surface area (Å²) >= 11 is 0. The number of rotatable bonds is 5. The van der Waals surface area contributed by atoms with E-state index in [9.17, 15) is 4.79 Å². The van der Waals surface area contributed by atoms with E-state index in [2.05, 4.69) is 5.10 Å². The fraction of sp³-hybridized carbons (Fsp3) is 0.556. The van der Waals surface area contributed by atoms with Gasteiger partial charge < -0.3 is 10.5 Å². The summed E-state index contributed by atoms with van der Waals surface area (Å²) in [7, 11) is 0. The van der Waals surface area contributed by atoms with Gasteiger partial charge in [0.1, 0.15) is 12.4 Å². The van der Waals surface area contributed by atoms with Crippen LogP contribution in [0.1, 0.15) is 19.8 Å². The van der Waals surface area contributed by atoms with Crippen molar-refractivity contribution in [2.24, 2.45) is 0 Å². The van der Waals surface area contributed by atoms with Gasteiger partial charge >= 0.3 is 5.97 Å². The summed E-state index contributed by atoms with van der Waals surface area (Å²) in [4.78, 5) is 11.2. The number of carbonyl (C=O) groups is 1. The Morgan fingerprint density at radius 3 is 3.07 bits per heavy atom. The molecule has 1 aromatic rings. The van der Waals surface area contributed by atoms with Crippen LogP contribution in [0.4, 0.5) is 5.82 Å². The lowest BCUT2D eigenvalue weighted by Crippen LogP contribution is -2.14. The number of carbonyl (C=O) groups excluding carboxylic acids is 1. The Balaban J connectivity index is 2.27. The number of unbranched alkanes of at least 4 members (excludes halogenated alkanes) is 1. The van der Waals surface area contributed by atoms with Gasteiger partial charge in [-0.25, -0.2) is 0 Å². The SMILES string of the molecule is CCCCOC(=O)Cn1ccc(N)n1. The molecule has 0 aliphatic heterocycles. The van der Waals surface area contributed by atoms with Crippen molar-refractivity contribution < 1.29 is 9.53 Å². The molecule has 78 valence electrons. The average Bonchev–Trinajstić information content (AvgIpc) is 2.52. The Bertz CT molecular complexity index is 296. The molecule has 0 saturated carbocycles. The van der Waals surface area contributed by atoms with Gasteiger partial charge in [0.25, 0.3) is 0 Å². The van der Waals surface area contributed by atoms with Gasteiger partial charge in [-0.3, -0.25) is 9.48 Å². The van der Waals surface area contributed by atoms with Gasteiger partial charge in [-0.05, 0) is 12.5 Å². The third-order valence-corrected chi connectivity index (χ3v) is 1.71. The Hall–Kier alpha value is -1.52. The molecule has 0 aliphatic carbocycles. The van der Waals surface area contributed by atoms with Crippen LogP contribution < -0.4 is 5.73 Å². The zero-order valence-corrected chi connectivity index (χ0v) is 8.27. The van der Waals surface area contributed by atoms with E-state index in [1.54, 1.807) is 12.3 Å². The summed E-state index contributed by atoms with van der Waals surface area (Å²) in [5.74, 6) is 0.132. The number of nitrogen functional groups attached to an aromatic ring is 1. The Morgan fingerprint density at radius 1 is 1.71 bits per heavy atom. The van der Waals surface area contributed by atoms with Crippen LogP contribution in [0.2, 0.25) is 0 Å².